The van der Waals surface area contributed by atoms with E-state index >= 15 is 0 Å². The van der Waals surface area contributed by atoms with Gasteiger partial charge in [0.25, 0.3) is 10.0 Å². The van der Waals surface area contributed by atoms with Crippen LogP contribution in [0.25, 0.3) is 0 Å². The van der Waals surface area contributed by atoms with Gasteiger partial charge in [0.1, 0.15) is 18.0 Å². The Morgan fingerprint density at radius 2 is 1.66 bits per heavy atom. The maximum Gasteiger partial charge on any atom is 0.264 e. The molecular formula is C24H26N2O5S. The van der Waals surface area contributed by atoms with E-state index in [1.54, 1.807) is 54.6 Å². The highest BCUT2D eigenvalue weighted by molar-refractivity contribution is 7.92. The van der Waals surface area contributed by atoms with Gasteiger partial charge in [-0.15, -0.1) is 0 Å². The van der Waals surface area contributed by atoms with Crippen molar-refractivity contribution in [2.24, 2.45) is 0 Å². The average molecular weight is 455 g/mol. The molecule has 3 aromatic carbocycles. The number of carbonyl (C=O) groups excluding carboxylic acids is 1. The number of nitrogens with zero attached hydrogens (tertiary/aromatic N) is 1. The number of para-hydroxylation sites is 2. The van der Waals surface area contributed by atoms with E-state index in [0.29, 0.717) is 23.8 Å². The molecule has 168 valence electrons. The highest BCUT2D eigenvalue weighted by atomic mass is 32.2. The van der Waals surface area contributed by atoms with Gasteiger partial charge in [-0.05, 0) is 55.8 Å². The van der Waals surface area contributed by atoms with E-state index in [2.05, 4.69) is 5.32 Å². The minimum Gasteiger partial charge on any atom is -0.495 e. The van der Waals surface area contributed by atoms with Crippen LogP contribution >= 0.6 is 0 Å². The van der Waals surface area contributed by atoms with Crippen molar-refractivity contribution in [2.75, 3.05) is 29.9 Å². The zero-order valence-corrected chi connectivity index (χ0v) is 19.1. The minimum absolute atomic E-state index is 0.0751. The van der Waals surface area contributed by atoms with Gasteiger partial charge in [-0.25, -0.2) is 8.42 Å². The lowest BCUT2D eigenvalue weighted by atomic mass is 10.2. The Kier molecular flexibility index (Phi) is 7.37. The molecule has 0 bridgehead atoms. The maximum absolute atomic E-state index is 13.5. The van der Waals surface area contributed by atoms with Gasteiger partial charge in [-0.2, -0.15) is 0 Å². The SMILES string of the molecule is CCOc1ccccc1NC(=O)CN(c1cc(C)ccc1OC)S(=O)(=O)c1ccccc1. The van der Waals surface area contributed by atoms with Gasteiger partial charge in [0, 0.05) is 0 Å². The van der Waals surface area contributed by atoms with Crippen LogP contribution in [-0.4, -0.2) is 34.6 Å². The van der Waals surface area contributed by atoms with Crippen molar-refractivity contribution in [3.63, 3.8) is 0 Å². The second kappa shape index (κ2) is 10.2. The third-order valence-electron chi connectivity index (χ3n) is 4.68. The molecule has 0 unspecified atom stereocenters. The van der Waals surface area contributed by atoms with E-state index in [1.807, 2.05) is 19.9 Å². The molecule has 1 amide bonds. The first kappa shape index (κ1) is 23.1. The number of amides is 1. The van der Waals surface area contributed by atoms with Crippen molar-refractivity contribution < 1.29 is 22.7 Å². The molecule has 3 rings (SSSR count). The maximum atomic E-state index is 13.5. The molecule has 32 heavy (non-hydrogen) atoms. The van der Waals surface area contributed by atoms with Crippen LogP contribution in [0.5, 0.6) is 11.5 Å². The molecule has 0 saturated carbocycles. The van der Waals surface area contributed by atoms with Gasteiger partial charge < -0.3 is 14.8 Å². The summed E-state index contributed by atoms with van der Waals surface area (Å²) in [6.07, 6.45) is 0. The number of carbonyl (C=O) groups is 1. The molecule has 1 N–H and O–H groups in total. The average Bonchev–Trinajstić information content (AvgIpc) is 2.79. The molecule has 0 aliphatic rings. The monoisotopic (exact) mass is 454 g/mol. The fraction of sp³-hybridized carbons (Fsp3) is 0.208. The zero-order valence-electron chi connectivity index (χ0n) is 18.2. The summed E-state index contributed by atoms with van der Waals surface area (Å²) >= 11 is 0. The van der Waals surface area contributed by atoms with Crippen molar-refractivity contribution in [2.45, 2.75) is 18.7 Å². The predicted octanol–water partition coefficient (Wildman–Crippen LogP) is 4.24. The van der Waals surface area contributed by atoms with Crippen molar-refractivity contribution in [1.29, 1.82) is 0 Å². The Bertz CT molecular complexity index is 1180. The Balaban J connectivity index is 2.01. The lowest BCUT2D eigenvalue weighted by molar-refractivity contribution is -0.114. The van der Waals surface area contributed by atoms with Crippen molar-refractivity contribution in [3.05, 3.63) is 78.4 Å². The molecule has 0 spiro atoms. The van der Waals surface area contributed by atoms with Crippen LogP contribution < -0.4 is 19.1 Å². The Labute approximate surface area is 188 Å². The topological polar surface area (TPSA) is 84.9 Å². The summed E-state index contributed by atoms with van der Waals surface area (Å²) in [5.41, 5.74) is 1.58. The molecule has 0 aliphatic carbocycles. The van der Waals surface area contributed by atoms with Gasteiger partial charge in [0.2, 0.25) is 5.91 Å². The normalized spacial score (nSPS) is 11.0. The second-order valence-electron chi connectivity index (χ2n) is 6.98. The van der Waals surface area contributed by atoms with Crippen molar-refractivity contribution in [3.8, 4) is 11.5 Å². The van der Waals surface area contributed by atoms with Crippen LogP contribution in [0.1, 0.15) is 12.5 Å². The number of aryl methyl sites for hydroxylation is 1. The molecule has 3 aromatic rings. The number of anilines is 2. The quantitative estimate of drug-likeness (QED) is 0.523. The third kappa shape index (κ3) is 5.20. The summed E-state index contributed by atoms with van der Waals surface area (Å²) in [6.45, 7) is 3.67. The van der Waals surface area contributed by atoms with Gasteiger partial charge in [0.15, 0.2) is 0 Å². The Hall–Kier alpha value is -3.52. The molecule has 8 heteroatoms. The van der Waals surface area contributed by atoms with E-state index < -0.39 is 22.5 Å². The molecule has 0 heterocycles. The van der Waals surface area contributed by atoms with Gasteiger partial charge in [0.05, 0.1) is 30.0 Å². The number of nitrogens with one attached hydrogen (secondary N) is 1. The molecule has 0 aromatic heterocycles. The number of hydrogen-bond donors (Lipinski definition) is 1. The zero-order chi connectivity index (χ0) is 23.1. The van der Waals surface area contributed by atoms with Crippen LogP contribution in [-0.2, 0) is 14.8 Å². The van der Waals surface area contributed by atoms with E-state index in [4.69, 9.17) is 9.47 Å². The highest BCUT2D eigenvalue weighted by Crippen LogP contribution is 2.33. The standard InChI is InChI=1S/C24H26N2O5S/c1-4-31-22-13-9-8-12-20(22)25-24(27)17-26(21-16-18(2)14-15-23(21)30-3)32(28,29)19-10-6-5-7-11-19/h5-16H,4,17H2,1-3H3,(H,25,27). The van der Waals surface area contributed by atoms with Crippen molar-refractivity contribution in [1.82, 2.24) is 0 Å². The molecule has 7 nitrogen and oxygen atoms in total. The Morgan fingerprint density at radius 1 is 0.969 bits per heavy atom. The smallest absolute Gasteiger partial charge is 0.264 e. The largest absolute Gasteiger partial charge is 0.495 e. The number of benzene rings is 3. The van der Waals surface area contributed by atoms with Gasteiger partial charge in [-0.3, -0.25) is 9.10 Å². The Morgan fingerprint density at radius 3 is 2.34 bits per heavy atom. The predicted molar refractivity (Wildman–Crippen MR) is 125 cm³/mol. The highest BCUT2D eigenvalue weighted by Gasteiger charge is 2.29. The lowest BCUT2D eigenvalue weighted by Gasteiger charge is -2.26. The summed E-state index contributed by atoms with van der Waals surface area (Å²) in [5.74, 6) is 0.340. The van der Waals surface area contributed by atoms with E-state index in [0.717, 1.165) is 9.87 Å². The number of sulfonamides is 1. The summed E-state index contributed by atoms with van der Waals surface area (Å²) < 4.78 is 39.1. The first-order valence-corrected chi connectivity index (χ1v) is 11.5. The second-order valence-corrected chi connectivity index (χ2v) is 8.84. The number of ether oxygens (including phenoxy) is 2. The molecule has 0 aliphatic heterocycles. The fourth-order valence-corrected chi connectivity index (χ4v) is 4.63. The third-order valence-corrected chi connectivity index (χ3v) is 6.46. The number of hydrogen-bond acceptors (Lipinski definition) is 5. The van der Waals surface area contributed by atoms with Crippen LogP contribution in [0.3, 0.4) is 0 Å². The van der Waals surface area contributed by atoms with Crippen LogP contribution in [0.15, 0.2) is 77.7 Å². The molecular weight excluding hydrogens is 428 g/mol. The van der Waals surface area contributed by atoms with Crippen LogP contribution in [0.4, 0.5) is 11.4 Å². The summed E-state index contributed by atoms with van der Waals surface area (Å²) in [6, 6.07) is 20.2. The van der Waals surface area contributed by atoms with E-state index in [9.17, 15) is 13.2 Å². The molecule has 0 saturated heterocycles. The van der Waals surface area contributed by atoms with E-state index in [-0.39, 0.29) is 10.6 Å². The lowest BCUT2D eigenvalue weighted by Crippen LogP contribution is -2.38. The molecule has 0 radical (unpaired) electrons. The molecule has 0 atom stereocenters. The fourth-order valence-electron chi connectivity index (χ4n) is 3.19. The molecule has 0 fully saturated rings. The summed E-state index contributed by atoms with van der Waals surface area (Å²) in [4.78, 5) is 13.1. The van der Waals surface area contributed by atoms with Gasteiger partial charge in [-0.1, -0.05) is 36.4 Å². The first-order chi connectivity index (χ1) is 15.4. The van der Waals surface area contributed by atoms with Crippen LogP contribution in [0.2, 0.25) is 0 Å². The first-order valence-electron chi connectivity index (χ1n) is 10.1. The van der Waals surface area contributed by atoms with Gasteiger partial charge >= 0.3 is 0 Å². The summed E-state index contributed by atoms with van der Waals surface area (Å²) in [7, 11) is -2.59. The minimum atomic E-state index is -4.05. The number of rotatable bonds is 9. The number of methoxy groups -OCH3 is 1. The summed E-state index contributed by atoms with van der Waals surface area (Å²) in [5, 5.41) is 2.76. The van der Waals surface area contributed by atoms with E-state index in [1.165, 1.54) is 19.2 Å². The van der Waals surface area contributed by atoms with Crippen molar-refractivity contribution >= 4 is 27.3 Å². The van der Waals surface area contributed by atoms with Crippen LogP contribution in [0, 0.1) is 6.92 Å².